The number of hydrogen-bond acceptors (Lipinski definition) is 3. The zero-order chi connectivity index (χ0) is 13.7. The molecule has 98 valence electrons. The van der Waals surface area contributed by atoms with Gasteiger partial charge in [0.05, 0.1) is 0 Å². The van der Waals surface area contributed by atoms with E-state index >= 15 is 0 Å². The summed E-state index contributed by atoms with van der Waals surface area (Å²) in [5.74, 6) is -1.74. The Morgan fingerprint density at radius 3 is 2.22 bits per heavy atom. The third-order valence-corrected chi connectivity index (χ3v) is 2.67. The number of amides is 1. The van der Waals surface area contributed by atoms with Crippen molar-refractivity contribution in [1.29, 1.82) is 0 Å². The third-order valence-electron chi connectivity index (χ3n) is 2.67. The predicted octanol–water partition coefficient (Wildman–Crippen LogP) is 0.912. The van der Waals surface area contributed by atoms with Crippen LogP contribution < -0.4 is 11.1 Å². The van der Waals surface area contributed by atoms with Crippen LogP contribution in [0.15, 0.2) is 30.3 Å². The van der Waals surface area contributed by atoms with E-state index in [4.69, 9.17) is 10.8 Å². The Hall–Kier alpha value is -1.88. The van der Waals surface area contributed by atoms with E-state index < -0.39 is 24.0 Å². The molecule has 1 amide bonds. The number of benzene rings is 1. The molecule has 5 heteroatoms. The van der Waals surface area contributed by atoms with E-state index in [0.717, 1.165) is 0 Å². The molecule has 0 fully saturated rings. The molecular weight excluding hydrogens is 232 g/mol. The predicted molar refractivity (Wildman–Crippen MR) is 67.8 cm³/mol. The maximum atomic E-state index is 11.9. The fourth-order valence-corrected chi connectivity index (χ4v) is 1.57. The summed E-state index contributed by atoms with van der Waals surface area (Å²) in [6.45, 7) is 3.46. The zero-order valence-corrected chi connectivity index (χ0v) is 10.5. The van der Waals surface area contributed by atoms with E-state index in [2.05, 4.69) is 5.32 Å². The normalized spacial score (nSPS) is 14.0. The molecule has 0 bridgehead atoms. The van der Waals surface area contributed by atoms with Gasteiger partial charge < -0.3 is 16.2 Å². The number of nitrogens with two attached hydrogens (primary N) is 1. The van der Waals surface area contributed by atoms with Crippen LogP contribution in [0.25, 0.3) is 0 Å². The molecule has 0 aliphatic rings. The van der Waals surface area contributed by atoms with Gasteiger partial charge in [0, 0.05) is 0 Å². The van der Waals surface area contributed by atoms with Crippen molar-refractivity contribution in [2.24, 2.45) is 11.7 Å². The van der Waals surface area contributed by atoms with Gasteiger partial charge in [-0.1, -0.05) is 44.2 Å². The van der Waals surface area contributed by atoms with Gasteiger partial charge in [-0.3, -0.25) is 4.79 Å². The van der Waals surface area contributed by atoms with Crippen LogP contribution >= 0.6 is 0 Å². The molecule has 1 aromatic carbocycles. The molecule has 0 heterocycles. The molecule has 0 saturated carbocycles. The first kappa shape index (κ1) is 14.2. The van der Waals surface area contributed by atoms with Gasteiger partial charge in [0.25, 0.3) is 0 Å². The molecule has 1 aromatic rings. The lowest BCUT2D eigenvalue weighted by Gasteiger charge is -2.20. The number of carbonyl (C=O) groups is 2. The van der Waals surface area contributed by atoms with Crippen molar-refractivity contribution < 1.29 is 14.7 Å². The molecule has 0 aromatic heterocycles. The summed E-state index contributed by atoms with van der Waals surface area (Å²) >= 11 is 0. The first-order chi connectivity index (χ1) is 8.43. The van der Waals surface area contributed by atoms with Crippen molar-refractivity contribution in [3.63, 3.8) is 0 Å². The largest absolute Gasteiger partial charge is 0.480 e. The first-order valence-electron chi connectivity index (χ1n) is 5.77. The van der Waals surface area contributed by atoms with Crippen LogP contribution in [0.2, 0.25) is 0 Å². The summed E-state index contributed by atoms with van der Waals surface area (Å²) in [7, 11) is 0. The van der Waals surface area contributed by atoms with E-state index in [0.29, 0.717) is 5.56 Å². The first-order valence-corrected chi connectivity index (χ1v) is 5.77. The van der Waals surface area contributed by atoms with E-state index in [9.17, 15) is 9.59 Å². The van der Waals surface area contributed by atoms with Crippen molar-refractivity contribution in [3.8, 4) is 0 Å². The van der Waals surface area contributed by atoms with E-state index in [1.807, 2.05) is 6.07 Å². The summed E-state index contributed by atoms with van der Waals surface area (Å²) in [5, 5.41) is 11.4. The summed E-state index contributed by atoms with van der Waals surface area (Å²) in [6, 6.07) is 7.06. The number of rotatable bonds is 5. The number of carboxylic acids is 1. The van der Waals surface area contributed by atoms with Crippen LogP contribution in [0.1, 0.15) is 25.5 Å². The van der Waals surface area contributed by atoms with Gasteiger partial charge in [-0.05, 0) is 11.5 Å². The number of nitrogens with one attached hydrogen (secondary N) is 1. The summed E-state index contributed by atoms with van der Waals surface area (Å²) in [4.78, 5) is 22.8. The second kappa shape index (κ2) is 6.16. The van der Waals surface area contributed by atoms with Crippen LogP contribution in [0.5, 0.6) is 0 Å². The minimum absolute atomic E-state index is 0.200. The average Bonchev–Trinajstić information content (AvgIpc) is 2.35. The highest BCUT2D eigenvalue weighted by Gasteiger charge is 2.26. The Morgan fingerprint density at radius 1 is 1.22 bits per heavy atom. The van der Waals surface area contributed by atoms with Gasteiger partial charge in [0.2, 0.25) is 5.91 Å². The SMILES string of the molecule is CC(C)C(NC(=O)C(N)c1ccccc1)C(=O)O. The molecule has 0 spiro atoms. The van der Waals surface area contributed by atoms with Gasteiger partial charge in [0.1, 0.15) is 12.1 Å². The van der Waals surface area contributed by atoms with Gasteiger partial charge in [-0.25, -0.2) is 4.79 Å². The molecule has 5 nitrogen and oxygen atoms in total. The zero-order valence-electron chi connectivity index (χ0n) is 10.5. The van der Waals surface area contributed by atoms with Crippen molar-refractivity contribution in [1.82, 2.24) is 5.32 Å². The lowest BCUT2D eigenvalue weighted by atomic mass is 10.0. The molecule has 2 unspecified atom stereocenters. The Kier molecular flexibility index (Phi) is 4.85. The van der Waals surface area contributed by atoms with E-state index in [1.54, 1.807) is 38.1 Å². The van der Waals surface area contributed by atoms with E-state index in [1.165, 1.54) is 0 Å². The van der Waals surface area contributed by atoms with Crippen LogP contribution in [0, 0.1) is 5.92 Å². The van der Waals surface area contributed by atoms with Crippen LogP contribution in [0.4, 0.5) is 0 Å². The lowest BCUT2D eigenvalue weighted by molar-refractivity contribution is -0.143. The molecule has 0 aliphatic heterocycles. The monoisotopic (exact) mass is 250 g/mol. The second-order valence-corrected chi connectivity index (χ2v) is 4.46. The number of aliphatic carboxylic acids is 1. The van der Waals surface area contributed by atoms with Crippen LogP contribution in [-0.2, 0) is 9.59 Å². The second-order valence-electron chi connectivity index (χ2n) is 4.46. The third kappa shape index (κ3) is 3.56. The molecule has 0 saturated heterocycles. The maximum Gasteiger partial charge on any atom is 0.326 e. The molecule has 4 N–H and O–H groups in total. The number of carbonyl (C=O) groups excluding carboxylic acids is 1. The topological polar surface area (TPSA) is 92.4 Å². The fraction of sp³-hybridized carbons (Fsp3) is 0.385. The van der Waals surface area contributed by atoms with Gasteiger partial charge in [-0.2, -0.15) is 0 Å². The Bertz CT molecular complexity index is 418. The highest BCUT2D eigenvalue weighted by Crippen LogP contribution is 2.11. The van der Waals surface area contributed by atoms with Crippen molar-refractivity contribution >= 4 is 11.9 Å². The fourth-order valence-electron chi connectivity index (χ4n) is 1.57. The molecule has 0 aliphatic carbocycles. The summed E-state index contributed by atoms with van der Waals surface area (Å²) in [5.41, 5.74) is 6.44. The molecule has 0 radical (unpaired) electrons. The average molecular weight is 250 g/mol. The van der Waals surface area contributed by atoms with Gasteiger partial charge in [-0.15, -0.1) is 0 Å². The van der Waals surface area contributed by atoms with Crippen LogP contribution in [0.3, 0.4) is 0 Å². The Labute approximate surface area is 106 Å². The van der Waals surface area contributed by atoms with Crippen molar-refractivity contribution in [2.75, 3.05) is 0 Å². The molecule has 2 atom stereocenters. The Morgan fingerprint density at radius 2 is 1.78 bits per heavy atom. The number of carboxylic acid groups (broad SMARTS) is 1. The number of hydrogen-bond donors (Lipinski definition) is 3. The highest BCUT2D eigenvalue weighted by molar-refractivity contribution is 5.87. The highest BCUT2D eigenvalue weighted by atomic mass is 16.4. The molecule has 1 rings (SSSR count). The maximum absolute atomic E-state index is 11.9. The summed E-state index contributed by atoms with van der Waals surface area (Å²) in [6.07, 6.45) is 0. The molecular formula is C13H18N2O3. The van der Waals surface area contributed by atoms with Crippen molar-refractivity contribution in [2.45, 2.75) is 25.9 Å². The van der Waals surface area contributed by atoms with Gasteiger partial charge >= 0.3 is 5.97 Å². The lowest BCUT2D eigenvalue weighted by Crippen LogP contribution is -2.47. The molecule has 18 heavy (non-hydrogen) atoms. The smallest absolute Gasteiger partial charge is 0.326 e. The van der Waals surface area contributed by atoms with Crippen LogP contribution in [-0.4, -0.2) is 23.0 Å². The van der Waals surface area contributed by atoms with Crippen molar-refractivity contribution in [3.05, 3.63) is 35.9 Å². The quantitative estimate of drug-likeness (QED) is 0.724. The van der Waals surface area contributed by atoms with E-state index in [-0.39, 0.29) is 5.92 Å². The summed E-state index contributed by atoms with van der Waals surface area (Å²) < 4.78 is 0. The standard InChI is InChI=1S/C13H18N2O3/c1-8(2)11(13(17)18)15-12(16)10(14)9-6-4-3-5-7-9/h3-8,10-11H,14H2,1-2H3,(H,15,16)(H,17,18). The minimum Gasteiger partial charge on any atom is -0.480 e. The van der Waals surface area contributed by atoms with Gasteiger partial charge in [0.15, 0.2) is 0 Å². The minimum atomic E-state index is -1.06. The Balaban J connectivity index is 2.73.